The Morgan fingerprint density at radius 1 is 1.14 bits per heavy atom. The van der Waals surface area contributed by atoms with Gasteiger partial charge >= 0.3 is 0 Å². The van der Waals surface area contributed by atoms with Gasteiger partial charge in [0.25, 0.3) is 5.91 Å². The third-order valence-electron chi connectivity index (χ3n) is 5.25. The maximum absolute atomic E-state index is 13.1. The zero-order valence-corrected chi connectivity index (χ0v) is 13.2. The first-order chi connectivity index (χ1) is 10.7. The molecule has 0 bridgehead atoms. The lowest BCUT2D eigenvalue weighted by Crippen LogP contribution is -2.39. The van der Waals surface area contributed by atoms with Crippen molar-refractivity contribution in [3.63, 3.8) is 0 Å². The molecule has 116 valence electrons. The Hall–Kier alpha value is -1.81. The van der Waals surface area contributed by atoms with Crippen LogP contribution in [0, 0.1) is 0 Å². The number of hydrogen-bond acceptors (Lipinski definition) is 2. The maximum Gasteiger partial charge on any atom is 0.254 e. The first-order valence-corrected chi connectivity index (χ1v) is 8.31. The zero-order chi connectivity index (χ0) is 15.1. The molecule has 4 heteroatoms. The normalized spacial score (nSPS) is 22.8. The number of amides is 1. The smallest absolute Gasteiger partial charge is 0.254 e. The molecule has 4 rings (SSSR count). The molecular formula is C18H23N3O. The zero-order valence-electron chi connectivity index (χ0n) is 13.2. The van der Waals surface area contributed by atoms with E-state index in [2.05, 4.69) is 26.5 Å². The summed E-state index contributed by atoms with van der Waals surface area (Å²) < 4.78 is 2.08. The van der Waals surface area contributed by atoms with Crippen molar-refractivity contribution in [2.24, 2.45) is 7.05 Å². The van der Waals surface area contributed by atoms with Gasteiger partial charge in [-0.3, -0.25) is 9.69 Å². The van der Waals surface area contributed by atoms with Crippen molar-refractivity contribution >= 4 is 16.8 Å². The SMILES string of the molecule is Cn1ccc2c(C(=O)N3CCCN4CCCC4C3)cccc21. The van der Waals surface area contributed by atoms with Crippen molar-refractivity contribution in [1.82, 2.24) is 14.4 Å². The predicted octanol–water partition coefficient (Wildman–Crippen LogP) is 2.49. The van der Waals surface area contributed by atoms with Gasteiger partial charge in [0.15, 0.2) is 0 Å². The number of aryl methyl sites for hydroxylation is 1. The van der Waals surface area contributed by atoms with Gasteiger partial charge in [-0.05, 0) is 44.0 Å². The third-order valence-corrected chi connectivity index (χ3v) is 5.25. The molecule has 0 spiro atoms. The van der Waals surface area contributed by atoms with Crippen LogP contribution < -0.4 is 0 Å². The van der Waals surface area contributed by atoms with Crippen LogP contribution in [-0.2, 0) is 7.05 Å². The lowest BCUT2D eigenvalue weighted by Gasteiger charge is -2.26. The summed E-state index contributed by atoms with van der Waals surface area (Å²) in [7, 11) is 2.03. The van der Waals surface area contributed by atoms with Gasteiger partial charge < -0.3 is 9.47 Å². The van der Waals surface area contributed by atoms with E-state index in [4.69, 9.17) is 0 Å². The van der Waals surface area contributed by atoms with Crippen LogP contribution in [0.5, 0.6) is 0 Å². The monoisotopic (exact) mass is 297 g/mol. The molecule has 2 aromatic rings. The summed E-state index contributed by atoms with van der Waals surface area (Å²) >= 11 is 0. The van der Waals surface area contributed by atoms with Crippen LogP contribution in [0.25, 0.3) is 10.9 Å². The van der Waals surface area contributed by atoms with Gasteiger partial charge in [-0.25, -0.2) is 0 Å². The average molecular weight is 297 g/mol. The highest BCUT2D eigenvalue weighted by Gasteiger charge is 2.31. The number of carbonyl (C=O) groups is 1. The number of carbonyl (C=O) groups excluding carboxylic acids is 1. The molecule has 2 saturated heterocycles. The minimum absolute atomic E-state index is 0.200. The first-order valence-electron chi connectivity index (χ1n) is 8.31. The summed E-state index contributed by atoms with van der Waals surface area (Å²) in [6.07, 6.45) is 5.63. The molecular weight excluding hydrogens is 274 g/mol. The van der Waals surface area contributed by atoms with E-state index in [0.717, 1.165) is 42.5 Å². The Labute approximate surface area is 131 Å². The summed E-state index contributed by atoms with van der Waals surface area (Å²) in [5.74, 6) is 0.200. The molecule has 2 aliphatic heterocycles. The summed E-state index contributed by atoms with van der Waals surface area (Å²) in [5.41, 5.74) is 1.98. The number of aromatic nitrogens is 1. The fourth-order valence-corrected chi connectivity index (χ4v) is 4.05. The van der Waals surface area contributed by atoms with Crippen LogP contribution in [0.2, 0.25) is 0 Å². The molecule has 2 fully saturated rings. The van der Waals surface area contributed by atoms with Gasteiger partial charge in [0.05, 0.1) is 0 Å². The van der Waals surface area contributed by atoms with E-state index < -0.39 is 0 Å². The second kappa shape index (κ2) is 5.43. The Bertz CT molecular complexity index is 705. The Balaban J connectivity index is 1.65. The van der Waals surface area contributed by atoms with Gasteiger partial charge in [0, 0.05) is 55.4 Å². The molecule has 1 aromatic heterocycles. The lowest BCUT2D eigenvalue weighted by molar-refractivity contribution is 0.0745. The second-order valence-corrected chi connectivity index (χ2v) is 6.60. The van der Waals surface area contributed by atoms with Gasteiger partial charge in [-0.2, -0.15) is 0 Å². The van der Waals surface area contributed by atoms with E-state index in [0.29, 0.717) is 6.04 Å². The number of hydrogen-bond donors (Lipinski definition) is 0. The van der Waals surface area contributed by atoms with Gasteiger partial charge in [0.1, 0.15) is 0 Å². The molecule has 4 nitrogen and oxygen atoms in total. The van der Waals surface area contributed by atoms with Gasteiger partial charge in [0.2, 0.25) is 0 Å². The van der Waals surface area contributed by atoms with Crippen LogP contribution in [0.3, 0.4) is 0 Å². The van der Waals surface area contributed by atoms with E-state index in [1.165, 1.54) is 19.4 Å². The van der Waals surface area contributed by atoms with Crippen molar-refractivity contribution in [3.8, 4) is 0 Å². The molecule has 1 amide bonds. The van der Waals surface area contributed by atoms with Gasteiger partial charge in [-0.1, -0.05) is 6.07 Å². The number of rotatable bonds is 1. The highest BCUT2D eigenvalue weighted by atomic mass is 16.2. The van der Waals surface area contributed by atoms with E-state index in [1.807, 2.05) is 25.4 Å². The predicted molar refractivity (Wildman–Crippen MR) is 88.0 cm³/mol. The van der Waals surface area contributed by atoms with Crippen molar-refractivity contribution in [2.75, 3.05) is 26.2 Å². The van der Waals surface area contributed by atoms with Gasteiger partial charge in [-0.15, -0.1) is 0 Å². The van der Waals surface area contributed by atoms with Crippen LogP contribution in [0.1, 0.15) is 29.6 Å². The standard InChI is InChI=1S/C18H23N3O/c1-19-12-8-15-16(6-2-7-17(15)19)18(22)21-11-4-10-20-9-3-5-14(20)13-21/h2,6-8,12,14H,3-5,9-11,13H2,1H3. The third kappa shape index (κ3) is 2.22. The molecule has 0 aliphatic carbocycles. The quantitative estimate of drug-likeness (QED) is 0.809. The van der Waals surface area contributed by atoms with Crippen molar-refractivity contribution in [1.29, 1.82) is 0 Å². The fourth-order valence-electron chi connectivity index (χ4n) is 4.05. The van der Waals surface area contributed by atoms with E-state index >= 15 is 0 Å². The van der Waals surface area contributed by atoms with E-state index in [-0.39, 0.29) is 5.91 Å². The molecule has 0 N–H and O–H groups in total. The molecule has 1 aromatic carbocycles. The summed E-state index contributed by atoms with van der Waals surface area (Å²) in [6.45, 7) is 4.13. The van der Waals surface area contributed by atoms with Crippen LogP contribution in [0.4, 0.5) is 0 Å². The Morgan fingerprint density at radius 3 is 2.91 bits per heavy atom. The molecule has 1 unspecified atom stereocenters. The summed E-state index contributed by atoms with van der Waals surface area (Å²) in [5, 5.41) is 1.07. The first kappa shape index (κ1) is 13.8. The highest BCUT2D eigenvalue weighted by Crippen LogP contribution is 2.25. The maximum atomic E-state index is 13.1. The summed E-state index contributed by atoms with van der Waals surface area (Å²) in [6, 6.07) is 8.67. The lowest BCUT2D eigenvalue weighted by atomic mass is 10.1. The Morgan fingerprint density at radius 2 is 2.00 bits per heavy atom. The van der Waals surface area contributed by atoms with Crippen molar-refractivity contribution in [3.05, 3.63) is 36.0 Å². The topological polar surface area (TPSA) is 28.5 Å². The van der Waals surface area contributed by atoms with Crippen molar-refractivity contribution < 1.29 is 4.79 Å². The average Bonchev–Trinajstić information content (AvgIpc) is 3.08. The second-order valence-electron chi connectivity index (χ2n) is 6.60. The van der Waals surface area contributed by atoms with Crippen LogP contribution in [-0.4, -0.2) is 52.5 Å². The molecule has 1 atom stereocenters. The van der Waals surface area contributed by atoms with E-state index in [1.54, 1.807) is 0 Å². The molecule has 0 radical (unpaired) electrons. The highest BCUT2D eigenvalue weighted by molar-refractivity contribution is 6.06. The van der Waals surface area contributed by atoms with E-state index in [9.17, 15) is 4.79 Å². The van der Waals surface area contributed by atoms with Crippen LogP contribution in [0.15, 0.2) is 30.5 Å². The summed E-state index contributed by atoms with van der Waals surface area (Å²) in [4.78, 5) is 17.7. The van der Waals surface area contributed by atoms with Crippen molar-refractivity contribution in [2.45, 2.75) is 25.3 Å². The number of nitrogens with zero attached hydrogens (tertiary/aromatic N) is 3. The molecule has 0 saturated carbocycles. The minimum atomic E-state index is 0.200. The fraction of sp³-hybridized carbons (Fsp3) is 0.500. The number of benzene rings is 1. The Kier molecular flexibility index (Phi) is 3.41. The molecule has 3 heterocycles. The minimum Gasteiger partial charge on any atom is -0.351 e. The number of fused-ring (bicyclic) bond motifs is 2. The molecule has 22 heavy (non-hydrogen) atoms. The largest absolute Gasteiger partial charge is 0.351 e. The van der Waals surface area contributed by atoms with Crippen LogP contribution >= 0.6 is 0 Å². The molecule has 2 aliphatic rings.